The van der Waals surface area contributed by atoms with Crippen LogP contribution < -0.4 is 5.32 Å². The number of hydrogen-bond acceptors (Lipinski definition) is 1. The van der Waals surface area contributed by atoms with E-state index in [1.54, 1.807) is 0 Å². The molecule has 1 amide bonds. The average Bonchev–Trinajstić information content (AvgIpc) is 2.81. The highest BCUT2D eigenvalue weighted by atomic mass is 16.1. The maximum Gasteiger partial charge on any atom is 0.222 e. The molecule has 1 aliphatic rings. The van der Waals surface area contributed by atoms with Crippen LogP contribution in [-0.2, 0) is 4.79 Å². The first-order valence-electron chi connectivity index (χ1n) is 5.32. The summed E-state index contributed by atoms with van der Waals surface area (Å²) in [5, 5.41) is 3.14. The second-order valence-corrected chi connectivity index (χ2v) is 4.77. The van der Waals surface area contributed by atoms with Gasteiger partial charge in [0.1, 0.15) is 0 Å². The van der Waals surface area contributed by atoms with E-state index in [0.29, 0.717) is 12.0 Å². The maximum absolute atomic E-state index is 11.5. The third-order valence-corrected chi connectivity index (χ3v) is 2.68. The van der Waals surface area contributed by atoms with Crippen molar-refractivity contribution in [3.05, 3.63) is 0 Å². The molecule has 1 aliphatic carbocycles. The van der Waals surface area contributed by atoms with Crippen LogP contribution >= 0.6 is 0 Å². The number of carbonyl (C=O) groups is 1. The van der Waals surface area contributed by atoms with Gasteiger partial charge < -0.3 is 5.32 Å². The Morgan fingerprint density at radius 2 is 1.77 bits per heavy atom. The molecule has 2 heteroatoms. The zero-order valence-electron chi connectivity index (χ0n) is 9.13. The van der Waals surface area contributed by atoms with Gasteiger partial charge in [-0.3, -0.25) is 4.79 Å². The van der Waals surface area contributed by atoms with E-state index < -0.39 is 0 Å². The Kier molecular flexibility index (Phi) is 3.34. The molecule has 0 aromatic carbocycles. The zero-order valence-corrected chi connectivity index (χ0v) is 9.13. The molecule has 1 N–H and O–H groups in total. The molecule has 0 bridgehead atoms. The van der Waals surface area contributed by atoms with E-state index in [4.69, 9.17) is 0 Å². The summed E-state index contributed by atoms with van der Waals surface area (Å²) in [6, 6.07) is 0.412. The van der Waals surface area contributed by atoms with Crippen molar-refractivity contribution in [1.82, 2.24) is 5.32 Å². The van der Waals surface area contributed by atoms with E-state index in [2.05, 4.69) is 19.2 Å². The minimum atomic E-state index is 0.111. The van der Waals surface area contributed by atoms with Crippen molar-refractivity contribution in [2.75, 3.05) is 0 Å². The summed E-state index contributed by atoms with van der Waals surface area (Å²) >= 11 is 0. The number of amides is 1. The SMILES string of the molecule is CC(C)C(=O)NC(C(C)C)C1CC1. The number of hydrogen-bond donors (Lipinski definition) is 1. The Balaban J connectivity index is 2.42. The van der Waals surface area contributed by atoms with Crippen LogP contribution in [0.5, 0.6) is 0 Å². The molecule has 0 radical (unpaired) electrons. The van der Waals surface area contributed by atoms with Crippen LogP contribution in [0.4, 0.5) is 0 Å². The van der Waals surface area contributed by atoms with Gasteiger partial charge in [0.2, 0.25) is 5.91 Å². The van der Waals surface area contributed by atoms with Crippen LogP contribution in [0, 0.1) is 17.8 Å². The molecular formula is C11H21NO. The summed E-state index contributed by atoms with van der Waals surface area (Å²) in [7, 11) is 0. The summed E-state index contributed by atoms with van der Waals surface area (Å²) < 4.78 is 0. The third kappa shape index (κ3) is 3.02. The molecule has 1 saturated carbocycles. The Morgan fingerprint density at radius 3 is 2.08 bits per heavy atom. The van der Waals surface area contributed by atoms with E-state index in [9.17, 15) is 4.79 Å². The highest BCUT2D eigenvalue weighted by Gasteiger charge is 2.34. The van der Waals surface area contributed by atoms with Crippen LogP contribution in [0.3, 0.4) is 0 Å². The number of carbonyl (C=O) groups excluding carboxylic acids is 1. The highest BCUT2D eigenvalue weighted by molar-refractivity contribution is 5.78. The molecule has 0 aromatic rings. The summed E-state index contributed by atoms with van der Waals surface area (Å²) in [5.41, 5.74) is 0. The van der Waals surface area contributed by atoms with Crippen LogP contribution in [0.25, 0.3) is 0 Å². The summed E-state index contributed by atoms with van der Waals surface area (Å²) in [4.78, 5) is 11.5. The second kappa shape index (κ2) is 4.12. The van der Waals surface area contributed by atoms with Crippen molar-refractivity contribution in [1.29, 1.82) is 0 Å². The fourth-order valence-electron chi connectivity index (χ4n) is 1.62. The molecule has 0 heterocycles. The van der Waals surface area contributed by atoms with Crippen molar-refractivity contribution in [3.8, 4) is 0 Å². The fraction of sp³-hybridized carbons (Fsp3) is 0.909. The second-order valence-electron chi connectivity index (χ2n) is 4.77. The molecule has 76 valence electrons. The lowest BCUT2D eigenvalue weighted by Crippen LogP contribution is -2.42. The van der Waals surface area contributed by atoms with Crippen LogP contribution in [0.15, 0.2) is 0 Å². The molecule has 1 fully saturated rings. The average molecular weight is 183 g/mol. The van der Waals surface area contributed by atoms with Gasteiger partial charge in [0.15, 0.2) is 0 Å². The topological polar surface area (TPSA) is 29.1 Å². The van der Waals surface area contributed by atoms with E-state index in [1.165, 1.54) is 12.8 Å². The first kappa shape index (κ1) is 10.6. The van der Waals surface area contributed by atoms with Gasteiger partial charge in [0, 0.05) is 12.0 Å². The summed E-state index contributed by atoms with van der Waals surface area (Å²) in [5.74, 6) is 1.63. The van der Waals surface area contributed by atoms with Gasteiger partial charge in [-0.15, -0.1) is 0 Å². The first-order chi connectivity index (χ1) is 6.02. The van der Waals surface area contributed by atoms with Crippen LogP contribution in [0.2, 0.25) is 0 Å². The smallest absolute Gasteiger partial charge is 0.222 e. The molecule has 0 aromatic heterocycles. The summed E-state index contributed by atoms with van der Waals surface area (Å²) in [6.45, 7) is 8.26. The lowest BCUT2D eigenvalue weighted by atomic mass is 9.99. The Morgan fingerprint density at radius 1 is 1.23 bits per heavy atom. The van der Waals surface area contributed by atoms with Crippen LogP contribution in [-0.4, -0.2) is 11.9 Å². The molecule has 0 aliphatic heterocycles. The fourth-order valence-corrected chi connectivity index (χ4v) is 1.62. The van der Waals surface area contributed by atoms with E-state index in [1.807, 2.05) is 13.8 Å². The summed E-state index contributed by atoms with van der Waals surface area (Å²) in [6.07, 6.45) is 2.59. The Labute approximate surface area is 81.1 Å². The monoisotopic (exact) mass is 183 g/mol. The molecule has 0 saturated heterocycles. The molecule has 0 spiro atoms. The molecule has 13 heavy (non-hydrogen) atoms. The van der Waals surface area contributed by atoms with Gasteiger partial charge in [-0.25, -0.2) is 0 Å². The van der Waals surface area contributed by atoms with E-state index in [-0.39, 0.29) is 11.8 Å². The quantitative estimate of drug-likeness (QED) is 0.711. The van der Waals surface area contributed by atoms with Crippen molar-refractivity contribution >= 4 is 5.91 Å². The maximum atomic E-state index is 11.5. The Bertz CT molecular complexity index is 181. The highest BCUT2D eigenvalue weighted by Crippen LogP contribution is 2.35. The molecule has 1 rings (SSSR count). The van der Waals surface area contributed by atoms with E-state index in [0.717, 1.165) is 5.92 Å². The van der Waals surface area contributed by atoms with Gasteiger partial charge in [-0.1, -0.05) is 27.7 Å². The number of nitrogens with one attached hydrogen (secondary N) is 1. The van der Waals surface area contributed by atoms with Crippen LogP contribution in [0.1, 0.15) is 40.5 Å². The minimum Gasteiger partial charge on any atom is -0.353 e. The molecule has 1 unspecified atom stereocenters. The Hall–Kier alpha value is -0.530. The lowest BCUT2D eigenvalue weighted by Gasteiger charge is -2.23. The minimum absolute atomic E-state index is 0.111. The number of rotatable bonds is 4. The molecular weight excluding hydrogens is 162 g/mol. The molecule has 2 nitrogen and oxygen atoms in total. The van der Waals surface area contributed by atoms with Gasteiger partial charge in [0.25, 0.3) is 0 Å². The van der Waals surface area contributed by atoms with E-state index >= 15 is 0 Å². The van der Waals surface area contributed by atoms with Gasteiger partial charge in [-0.05, 0) is 24.7 Å². The predicted molar refractivity (Wildman–Crippen MR) is 54.3 cm³/mol. The third-order valence-electron chi connectivity index (χ3n) is 2.68. The van der Waals surface area contributed by atoms with Crippen molar-refractivity contribution in [2.45, 2.75) is 46.6 Å². The normalized spacial score (nSPS) is 19.2. The standard InChI is InChI=1S/C11H21NO/c1-7(2)10(9-5-6-9)12-11(13)8(3)4/h7-10H,5-6H2,1-4H3,(H,12,13). The zero-order chi connectivity index (χ0) is 10.0. The largest absolute Gasteiger partial charge is 0.353 e. The van der Waals surface area contributed by atoms with Gasteiger partial charge in [-0.2, -0.15) is 0 Å². The van der Waals surface area contributed by atoms with Crippen molar-refractivity contribution in [2.24, 2.45) is 17.8 Å². The molecule has 1 atom stereocenters. The van der Waals surface area contributed by atoms with Gasteiger partial charge in [0.05, 0.1) is 0 Å². The lowest BCUT2D eigenvalue weighted by molar-refractivity contribution is -0.125. The predicted octanol–water partition coefficient (Wildman–Crippen LogP) is 2.19. The van der Waals surface area contributed by atoms with Gasteiger partial charge >= 0.3 is 0 Å². The first-order valence-corrected chi connectivity index (χ1v) is 5.32. The van der Waals surface area contributed by atoms with Crippen molar-refractivity contribution in [3.63, 3.8) is 0 Å². The van der Waals surface area contributed by atoms with Crippen molar-refractivity contribution < 1.29 is 4.79 Å².